The van der Waals surface area contributed by atoms with E-state index in [1.54, 1.807) is 0 Å². The Balaban J connectivity index is 1.48. The Kier molecular flexibility index (Phi) is 4.02. The van der Waals surface area contributed by atoms with Crippen molar-refractivity contribution in [1.29, 1.82) is 0 Å². The van der Waals surface area contributed by atoms with Gasteiger partial charge in [-0.15, -0.1) is 0 Å². The zero-order chi connectivity index (χ0) is 16.7. The predicted molar refractivity (Wildman–Crippen MR) is 91.3 cm³/mol. The van der Waals surface area contributed by atoms with E-state index in [2.05, 4.69) is 33.3 Å². The van der Waals surface area contributed by atoms with Crippen molar-refractivity contribution >= 4 is 17.5 Å². The van der Waals surface area contributed by atoms with Crippen molar-refractivity contribution in [2.24, 2.45) is 5.73 Å². The summed E-state index contributed by atoms with van der Waals surface area (Å²) in [7, 11) is 0. The number of anilines is 1. The highest BCUT2D eigenvalue weighted by molar-refractivity contribution is 6.00. The van der Waals surface area contributed by atoms with Gasteiger partial charge in [0.05, 0.1) is 6.04 Å². The molecule has 24 heavy (non-hydrogen) atoms. The van der Waals surface area contributed by atoms with Crippen molar-refractivity contribution in [2.45, 2.75) is 50.9 Å². The normalized spacial score (nSPS) is 28.0. The molecule has 4 rings (SSSR count). The molecule has 0 aromatic heterocycles. The van der Waals surface area contributed by atoms with Gasteiger partial charge in [0.25, 0.3) is 0 Å². The predicted octanol–water partition coefficient (Wildman–Crippen LogP) is 0.735. The fraction of sp³-hybridized carbons (Fsp3) is 0.556. The van der Waals surface area contributed by atoms with Gasteiger partial charge < -0.3 is 10.6 Å². The first-order valence-corrected chi connectivity index (χ1v) is 8.80. The molecule has 2 fully saturated rings. The second-order valence-corrected chi connectivity index (χ2v) is 7.17. The first-order valence-electron chi connectivity index (χ1n) is 8.80. The van der Waals surface area contributed by atoms with Crippen LogP contribution in [0.25, 0.3) is 0 Å². The SMILES string of the molecule is N[C@@H]1CCCN(c2ccc3c(c2)CN(C2CCC(=O)NC2=O)C3)C1. The van der Waals surface area contributed by atoms with Crippen LogP contribution >= 0.6 is 0 Å². The third-order valence-electron chi connectivity index (χ3n) is 5.41. The number of carbonyl (C=O) groups excluding carboxylic acids is 2. The molecule has 3 aliphatic heterocycles. The summed E-state index contributed by atoms with van der Waals surface area (Å²) in [4.78, 5) is 28.0. The first-order chi connectivity index (χ1) is 11.6. The maximum atomic E-state index is 12.1. The molecule has 3 aliphatic rings. The molecule has 0 bridgehead atoms. The van der Waals surface area contributed by atoms with E-state index in [4.69, 9.17) is 5.73 Å². The summed E-state index contributed by atoms with van der Waals surface area (Å²) >= 11 is 0. The van der Waals surface area contributed by atoms with Gasteiger partial charge in [0.15, 0.2) is 0 Å². The van der Waals surface area contributed by atoms with Gasteiger partial charge in [0, 0.05) is 44.3 Å². The van der Waals surface area contributed by atoms with Crippen LogP contribution in [0, 0.1) is 0 Å². The molecular weight excluding hydrogens is 304 g/mol. The summed E-state index contributed by atoms with van der Waals surface area (Å²) < 4.78 is 0. The maximum absolute atomic E-state index is 12.1. The van der Waals surface area contributed by atoms with E-state index in [-0.39, 0.29) is 23.9 Å². The van der Waals surface area contributed by atoms with Crippen molar-refractivity contribution in [3.8, 4) is 0 Å². The summed E-state index contributed by atoms with van der Waals surface area (Å²) in [6.45, 7) is 3.52. The smallest absolute Gasteiger partial charge is 0.243 e. The zero-order valence-electron chi connectivity index (χ0n) is 13.8. The molecule has 6 heteroatoms. The lowest BCUT2D eigenvalue weighted by atomic mass is 10.0. The average Bonchev–Trinajstić information content (AvgIpc) is 2.97. The molecule has 3 heterocycles. The first kappa shape index (κ1) is 15.6. The van der Waals surface area contributed by atoms with Crippen molar-refractivity contribution < 1.29 is 9.59 Å². The number of hydrogen-bond donors (Lipinski definition) is 2. The van der Waals surface area contributed by atoms with Crippen LogP contribution in [-0.4, -0.2) is 41.9 Å². The van der Waals surface area contributed by atoms with Gasteiger partial charge >= 0.3 is 0 Å². The van der Waals surface area contributed by atoms with Crippen LogP contribution in [0.2, 0.25) is 0 Å². The molecule has 0 saturated carbocycles. The molecule has 0 spiro atoms. The maximum Gasteiger partial charge on any atom is 0.243 e. The Morgan fingerprint density at radius 1 is 1.12 bits per heavy atom. The molecule has 2 amide bonds. The van der Waals surface area contributed by atoms with Gasteiger partial charge in [-0.1, -0.05) is 6.07 Å². The minimum absolute atomic E-state index is 0.152. The number of nitrogens with zero attached hydrogens (tertiary/aromatic N) is 2. The van der Waals surface area contributed by atoms with Gasteiger partial charge in [-0.25, -0.2) is 0 Å². The zero-order valence-corrected chi connectivity index (χ0v) is 13.8. The summed E-state index contributed by atoms with van der Waals surface area (Å²) in [5.74, 6) is -0.307. The lowest BCUT2D eigenvalue weighted by Crippen LogP contribution is -2.50. The number of nitrogens with two attached hydrogens (primary N) is 1. The van der Waals surface area contributed by atoms with Gasteiger partial charge in [-0.3, -0.25) is 19.8 Å². The molecule has 2 atom stereocenters. The van der Waals surface area contributed by atoms with Gasteiger partial charge in [-0.05, 0) is 42.5 Å². The second-order valence-electron chi connectivity index (χ2n) is 7.17. The van der Waals surface area contributed by atoms with Crippen LogP contribution in [0.3, 0.4) is 0 Å². The fourth-order valence-electron chi connectivity index (χ4n) is 4.10. The fourth-order valence-corrected chi connectivity index (χ4v) is 4.10. The summed E-state index contributed by atoms with van der Waals surface area (Å²) in [5, 5.41) is 2.46. The van der Waals surface area contributed by atoms with Crippen molar-refractivity contribution in [2.75, 3.05) is 18.0 Å². The second kappa shape index (κ2) is 6.18. The van der Waals surface area contributed by atoms with Crippen molar-refractivity contribution in [1.82, 2.24) is 10.2 Å². The molecular formula is C18H24N4O2. The average molecular weight is 328 g/mol. The molecule has 2 saturated heterocycles. The third kappa shape index (κ3) is 2.91. The van der Waals surface area contributed by atoms with Crippen LogP contribution in [0.15, 0.2) is 18.2 Å². The number of imide groups is 1. The Labute approximate surface area is 142 Å². The van der Waals surface area contributed by atoms with E-state index in [0.717, 1.165) is 39.0 Å². The largest absolute Gasteiger partial charge is 0.370 e. The summed E-state index contributed by atoms with van der Waals surface area (Å²) in [6, 6.07) is 6.66. The van der Waals surface area contributed by atoms with Gasteiger partial charge in [-0.2, -0.15) is 0 Å². The number of piperidine rings is 2. The van der Waals surface area contributed by atoms with Gasteiger partial charge in [0.1, 0.15) is 0 Å². The summed E-state index contributed by atoms with van der Waals surface area (Å²) in [5.41, 5.74) is 9.90. The number of carbonyl (C=O) groups is 2. The highest BCUT2D eigenvalue weighted by Gasteiger charge is 2.34. The quantitative estimate of drug-likeness (QED) is 0.783. The molecule has 128 valence electrons. The molecule has 1 unspecified atom stereocenters. The lowest BCUT2D eigenvalue weighted by Gasteiger charge is -2.33. The highest BCUT2D eigenvalue weighted by Crippen LogP contribution is 2.31. The molecule has 0 aliphatic carbocycles. The molecule has 1 aromatic carbocycles. The Bertz CT molecular complexity index is 675. The minimum atomic E-state index is -0.193. The van der Waals surface area contributed by atoms with E-state index >= 15 is 0 Å². The van der Waals surface area contributed by atoms with E-state index in [1.165, 1.54) is 16.8 Å². The molecule has 1 aromatic rings. The number of fused-ring (bicyclic) bond motifs is 1. The highest BCUT2D eigenvalue weighted by atomic mass is 16.2. The van der Waals surface area contributed by atoms with E-state index in [0.29, 0.717) is 12.8 Å². The number of amides is 2. The monoisotopic (exact) mass is 328 g/mol. The van der Waals surface area contributed by atoms with Crippen molar-refractivity contribution in [3.63, 3.8) is 0 Å². The standard InChI is InChI=1S/C18H24N4O2/c19-14-2-1-7-21(11-14)15-4-3-12-9-22(10-13(12)8-15)16-5-6-17(23)20-18(16)24/h3-4,8,14,16H,1-2,5-7,9-11,19H2,(H,20,23,24)/t14-,16?/m1/s1. The van der Waals surface area contributed by atoms with E-state index in [9.17, 15) is 9.59 Å². The Morgan fingerprint density at radius 3 is 2.75 bits per heavy atom. The van der Waals surface area contributed by atoms with Crippen LogP contribution in [0.4, 0.5) is 5.69 Å². The number of rotatable bonds is 2. The Morgan fingerprint density at radius 2 is 1.96 bits per heavy atom. The van der Waals surface area contributed by atoms with E-state index < -0.39 is 0 Å². The third-order valence-corrected chi connectivity index (χ3v) is 5.41. The van der Waals surface area contributed by atoms with Crippen LogP contribution in [0.5, 0.6) is 0 Å². The molecule has 3 N–H and O–H groups in total. The topological polar surface area (TPSA) is 78.7 Å². The number of nitrogens with one attached hydrogen (secondary N) is 1. The van der Waals surface area contributed by atoms with E-state index in [1.807, 2.05) is 0 Å². The Hall–Kier alpha value is -1.92. The summed E-state index contributed by atoms with van der Waals surface area (Å²) in [6.07, 6.45) is 3.29. The number of hydrogen-bond acceptors (Lipinski definition) is 5. The van der Waals surface area contributed by atoms with Crippen LogP contribution in [-0.2, 0) is 22.7 Å². The molecule has 0 radical (unpaired) electrons. The van der Waals surface area contributed by atoms with Crippen molar-refractivity contribution in [3.05, 3.63) is 29.3 Å². The molecule has 6 nitrogen and oxygen atoms in total. The number of benzene rings is 1. The van der Waals surface area contributed by atoms with Gasteiger partial charge in [0.2, 0.25) is 11.8 Å². The van der Waals surface area contributed by atoms with Crippen LogP contribution in [0.1, 0.15) is 36.8 Å². The minimum Gasteiger partial charge on any atom is -0.370 e. The van der Waals surface area contributed by atoms with Crippen LogP contribution < -0.4 is 16.0 Å². The lowest BCUT2D eigenvalue weighted by molar-refractivity contribution is -0.137.